The zero-order valence-corrected chi connectivity index (χ0v) is 17.7. The van der Waals surface area contributed by atoms with E-state index >= 15 is 0 Å². The summed E-state index contributed by atoms with van der Waals surface area (Å²) in [7, 11) is 3.89. The highest BCUT2D eigenvalue weighted by Crippen LogP contribution is 2.24. The monoisotopic (exact) mass is 422 g/mol. The Morgan fingerprint density at radius 1 is 1.23 bits per heavy atom. The van der Waals surface area contributed by atoms with Gasteiger partial charge in [-0.1, -0.05) is 0 Å². The van der Waals surface area contributed by atoms with Gasteiger partial charge in [0.2, 0.25) is 5.95 Å². The fourth-order valence-corrected chi connectivity index (χ4v) is 3.49. The molecule has 162 valence electrons. The van der Waals surface area contributed by atoms with Crippen molar-refractivity contribution < 1.29 is 13.9 Å². The van der Waals surface area contributed by atoms with Crippen LogP contribution >= 0.6 is 0 Å². The number of hydrogen-bond donors (Lipinski definition) is 1. The number of aromatic nitrogens is 3. The molecule has 0 saturated carbocycles. The molecule has 4 heterocycles. The SMILES string of the molecule is CN(C)C(CNC(=O)c1cnc(N2CCOCC2)nc1-c1ccncc1)c1ccco1. The summed E-state index contributed by atoms with van der Waals surface area (Å²) >= 11 is 0. The van der Waals surface area contributed by atoms with Gasteiger partial charge in [-0.2, -0.15) is 0 Å². The van der Waals surface area contributed by atoms with Gasteiger partial charge < -0.3 is 19.4 Å². The van der Waals surface area contributed by atoms with E-state index in [0.29, 0.717) is 37.0 Å². The molecule has 1 fully saturated rings. The molecule has 1 saturated heterocycles. The fraction of sp³-hybridized carbons (Fsp3) is 0.364. The molecule has 1 unspecified atom stereocenters. The highest BCUT2D eigenvalue weighted by atomic mass is 16.5. The van der Waals surface area contributed by atoms with Crippen LogP contribution in [0.1, 0.15) is 22.2 Å². The second-order valence-electron chi connectivity index (χ2n) is 7.47. The molecule has 1 atom stereocenters. The number of carbonyl (C=O) groups is 1. The van der Waals surface area contributed by atoms with E-state index in [1.165, 1.54) is 0 Å². The standard InChI is InChI=1S/C22H26N6O3/c1-27(2)18(19-4-3-11-31-19)15-24-21(29)17-14-25-22(28-9-12-30-13-10-28)26-20(17)16-5-7-23-8-6-16/h3-8,11,14,18H,9-10,12-13,15H2,1-2H3,(H,24,29). The van der Waals surface area contributed by atoms with Gasteiger partial charge in [-0.3, -0.25) is 14.7 Å². The van der Waals surface area contributed by atoms with Gasteiger partial charge in [-0.15, -0.1) is 0 Å². The summed E-state index contributed by atoms with van der Waals surface area (Å²) in [5.74, 6) is 1.14. The molecule has 0 aromatic carbocycles. The van der Waals surface area contributed by atoms with Crippen LogP contribution in [-0.4, -0.2) is 72.7 Å². The lowest BCUT2D eigenvalue weighted by molar-refractivity contribution is 0.0939. The van der Waals surface area contributed by atoms with E-state index in [1.54, 1.807) is 24.9 Å². The number of anilines is 1. The molecule has 1 N–H and O–H groups in total. The molecule has 1 aliphatic heterocycles. The van der Waals surface area contributed by atoms with Crippen molar-refractivity contribution >= 4 is 11.9 Å². The van der Waals surface area contributed by atoms with Crippen LogP contribution in [0.25, 0.3) is 11.3 Å². The third-order valence-corrected chi connectivity index (χ3v) is 5.22. The first kappa shape index (κ1) is 21.0. The molecule has 1 aliphatic rings. The van der Waals surface area contributed by atoms with Gasteiger partial charge in [0.1, 0.15) is 5.76 Å². The third kappa shape index (κ3) is 4.89. The third-order valence-electron chi connectivity index (χ3n) is 5.22. The highest BCUT2D eigenvalue weighted by Gasteiger charge is 2.22. The predicted molar refractivity (Wildman–Crippen MR) is 116 cm³/mol. The Labute approximate surface area is 181 Å². The first-order chi connectivity index (χ1) is 15.1. The zero-order valence-electron chi connectivity index (χ0n) is 17.7. The molecular weight excluding hydrogens is 396 g/mol. The van der Waals surface area contributed by atoms with Crippen LogP contribution in [0.3, 0.4) is 0 Å². The lowest BCUT2D eigenvalue weighted by atomic mass is 10.1. The number of carbonyl (C=O) groups excluding carboxylic acids is 1. The quantitative estimate of drug-likeness (QED) is 0.618. The Morgan fingerprint density at radius 2 is 2.00 bits per heavy atom. The smallest absolute Gasteiger partial charge is 0.255 e. The van der Waals surface area contributed by atoms with Gasteiger partial charge in [0, 0.05) is 43.8 Å². The minimum atomic E-state index is -0.237. The Bertz CT molecular complexity index is 988. The minimum absolute atomic E-state index is 0.0862. The van der Waals surface area contributed by atoms with E-state index in [4.69, 9.17) is 14.1 Å². The summed E-state index contributed by atoms with van der Waals surface area (Å²) in [4.78, 5) is 30.5. The highest BCUT2D eigenvalue weighted by molar-refractivity contribution is 5.99. The van der Waals surface area contributed by atoms with Crippen LogP contribution in [0.2, 0.25) is 0 Å². The summed E-state index contributed by atoms with van der Waals surface area (Å²) in [5, 5.41) is 3.01. The van der Waals surface area contributed by atoms with E-state index in [9.17, 15) is 4.79 Å². The molecule has 3 aromatic heterocycles. The predicted octanol–water partition coefficient (Wildman–Crippen LogP) is 2.00. The number of amides is 1. The summed E-state index contributed by atoms with van der Waals surface area (Å²) in [6.45, 7) is 3.09. The Kier molecular flexibility index (Phi) is 6.54. The van der Waals surface area contributed by atoms with Crippen LogP contribution in [0, 0.1) is 0 Å². The first-order valence-electron chi connectivity index (χ1n) is 10.2. The first-order valence-corrected chi connectivity index (χ1v) is 10.2. The number of hydrogen-bond acceptors (Lipinski definition) is 8. The maximum atomic E-state index is 13.1. The van der Waals surface area contributed by atoms with Gasteiger partial charge in [-0.25, -0.2) is 9.97 Å². The van der Waals surface area contributed by atoms with Crippen molar-refractivity contribution in [3.63, 3.8) is 0 Å². The second-order valence-corrected chi connectivity index (χ2v) is 7.47. The number of pyridine rings is 1. The Balaban J connectivity index is 1.59. The second kappa shape index (κ2) is 9.67. The fourth-order valence-electron chi connectivity index (χ4n) is 3.49. The average molecular weight is 422 g/mol. The van der Waals surface area contributed by atoms with Crippen LogP contribution in [0.4, 0.5) is 5.95 Å². The summed E-state index contributed by atoms with van der Waals surface area (Å²) < 4.78 is 11.0. The summed E-state index contributed by atoms with van der Waals surface area (Å²) in [6, 6.07) is 7.34. The van der Waals surface area contributed by atoms with Gasteiger partial charge in [0.15, 0.2) is 0 Å². The van der Waals surface area contributed by atoms with Gasteiger partial charge in [0.25, 0.3) is 5.91 Å². The van der Waals surface area contributed by atoms with E-state index in [-0.39, 0.29) is 11.9 Å². The van der Waals surface area contributed by atoms with Crippen molar-refractivity contribution in [3.8, 4) is 11.3 Å². The van der Waals surface area contributed by atoms with Crippen molar-refractivity contribution in [1.82, 2.24) is 25.2 Å². The van der Waals surface area contributed by atoms with Crippen molar-refractivity contribution in [2.24, 2.45) is 0 Å². The Hall–Kier alpha value is -3.30. The molecule has 9 heteroatoms. The van der Waals surface area contributed by atoms with Gasteiger partial charge in [0.05, 0.1) is 36.8 Å². The molecule has 9 nitrogen and oxygen atoms in total. The minimum Gasteiger partial charge on any atom is -0.468 e. The molecule has 0 spiro atoms. The molecular formula is C22H26N6O3. The summed E-state index contributed by atoms with van der Waals surface area (Å²) in [6.07, 6.45) is 6.60. The molecule has 31 heavy (non-hydrogen) atoms. The van der Waals surface area contributed by atoms with E-state index in [2.05, 4.69) is 20.2 Å². The van der Waals surface area contributed by atoms with Crippen LogP contribution in [-0.2, 0) is 4.74 Å². The number of likely N-dealkylation sites (N-methyl/N-ethyl adjacent to an activating group) is 1. The summed E-state index contributed by atoms with van der Waals surface area (Å²) in [5.41, 5.74) is 1.81. The molecule has 0 aliphatic carbocycles. The molecule has 0 radical (unpaired) electrons. The molecule has 0 bridgehead atoms. The number of rotatable bonds is 7. The maximum absolute atomic E-state index is 13.1. The Morgan fingerprint density at radius 3 is 2.68 bits per heavy atom. The molecule has 1 amide bonds. The van der Waals surface area contributed by atoms with Crippen molar-refractivity contribution in [2.45, 2.75) is 6.04 Å². The van der Waals surface area contributed by atoms with Gasteiger partial charge >= 0.3 is 0 Å². The lowest BCUT2D eigenvalue weighted by Crippen LogP contribution is -2.38. The number of nitrogens with one attached hydrogen (secondary N) is 1. The zero-order chi connectivity index (χ0) is 21.6. The van der Waals surface area contributed by atoms with Crippen LogP contribution in [0.5, 0.6) is 0 Å². The molecule has 3 aromatic rings. The number of morpholine rings is 1. The van der Waals surface area contributed by atoms with E-state index in [0.717, 1.165) is 24.4 Å². The normalized spacial score (nSPS) is 15.1. The van der Waals surface area contributed by atoms with Gasteiger partial charge in [-0.05, 0) is 38.4 Å². The van der Waals surface area contributed by atoms with Crippen molar-refractivity contribution in [2.75, 3.05) is 51.8 Å². The van der Waals surface area contributed by atoms with Crippen molar-refractivity contribution in [1.29, 1.82) is 0 Å². The number of furan rings is 1. The van der Waals surface area contributed by atoms with E-state index in [1.807, 2.05) is 43.3 Å². The number of ether oxygens (including phenoxy) is 1. The maximum Gasteiger partial charge on any atom is 0.255 e. The lowest BCUT2D eigenvalue weighted by Gasteiger charge is -2.27. The topological polar surface area (TPSA) is 96.6 Å². The van der Waals surface area contributed by atoms with Crippen molar-refractivity contribution in [3.05, 3.63) is 60.4 Å². The van der Waals surface area contributed by atoms with E-state index < -0.39 is 0 Å². The molecule has 4 rings (SSSR count). The number of nitrogens with zero attached hydrogens (tertiary/aromatic N) is 5. The van der Waals surface area contributed by atoms with Crippen LogP contribution < -0.4 is 10.2 Å². The van der Waals surface area contributed by atoms with Crippen LogP contribution in [0.15, 0.2) is 53.5 Å². The largest absolute Gasteiger partial charge is 0.468 e. The average Bonchev–Trinajstić information content (AvgIpc) is 3.34.